The van der Waals surface area contributed by atoms with Crippen LogP contribution in [-0.4, -0.2) is 15.7 Å². The Hall–Kier alpha value is -2.23. The molecule has 0 aromatic carbocycles. The molecule has 0 saturated carbocycles. The summed E-state index contributed by atoms with van der Waals surface area (Å²) < 4.78 is 0. The number of anilines is 1. The van der Waals surface area contributed by atoms with Crippen LogP contribution in [0, 0.1) is 16.7 Å². The van der Waals surface area contributed by atoms with Crippen LogP contribution < -0.4 is 5.73 Å². The van der Waals surface area contributed by atoms with E-state index in [4.69, 9.17) is 22.7 Å². The molecular formula is C20H22ClN5S. The van der Waals surface area contributed by atoms with Crippen LogP contribution in [-0.2, 0) is 6.42 Å². The predicted molar refractivity (Wildman–Crippen MR) is 111 cm³/mol. The van der Waals surface area contributed by atoms with Gasteiger partial charge in [-0.1, -0.05) is 18.9 Å². The lowest BCUT2D eigenvalue weighted by Gasteiger charge is -2.26. The van der Waals surface area contributed by atoms with Gasteiger partial charge in [0.2, 0.25) is 5.28 Å². The monoisotopic (exact) mass is 399 g/mol. The molecule has 27 heavy (non-hydrogen) atoms. The minimum Gasteiger partial charge on any atom is -0.389 e. The van der Waals surface area contributed by atoms with Gasteiger partial charge in [0.15, 0.2) is 0 Å². The molecular weight excluding hydrogens is 378 g/mol. The van der Waals surface area contributed by atoms with Gasteiger partial charge in [-0.15, -0.1) is 11.3 Å². The van der Waals surface area contributed by atoms with Crippen LogP contribution >= 0.6 is 22.9 Å². The summed E-state index contributed by atoms with van der Waals surface area (Å²) in [4.78, 5) is 9.34. The molecule has 0 bridgehead atoms. The fraction of sp³-hybridized carbons (Fsp3) is 0.400. The van der Waals surface area contributed by atoms with Gasteiger partial charge in [0.25, 0.3) is 0 Å². The summed E-state index contributed by atoms with van der Waals surface area (Å²) in [6, 6.07) is 4.01. The standard InChI is InChI=1S/C20H22ClN5S/c1-3-5-13(18(23)15-8-9-25-20(21)26-15)11(2)12-6-4-7-16-17(12)14(10-22)19(24)27-16/h8-9,12,23H,3-7,24H2,1-2H3/b13-11+,23-18?/t12-/m1/s1. The van der Waals surface area contributed by atoms with E-state index < -0.39 is 0 Å². The first-order valence-electron chi connectivity index (χ1n) is 9.06. The third-order valence-corrected chi connectivity index (χ3v) is 6.37. The van der Waals surface area contributed by atoms with Gasteiger partial charge in [0.05, 0.1) is 17.0 Å². The van der Waals surface area contributed by atoms with Crippen molar-refractivity contribution in [3.63, 3.8) is 0 Å². The van der Waals surface area contributed by atoms with Gasteiger partial charge in [-0.3, -0.25) is 5.41 Å². The maximum atomic E-state index is 9.61. The molecule has 0 fully saturated rings. The van der Waals surface area contributed by atoms with Gasteiger partial charge in [-0.25, -0.2) is 9.97 Å². The van der Waals surface area contributed by atoms with E-state index in [2.05, 4.69) is 29.9 Å². The molecule has 1 atom stereocenters. The number of hydrogen-bond donors (Lipinski definition) is 2. The molecule has 1 aliphatic rings. The zero-order valence-corrected chi connectivity index (χ0v) is 17.0. The van der Waals surface area contributed by atoms with Gasteiger partial charge in [0.1, 0.15) is 11.1 Å². The largest absolute Gasteiger partial charge is 0.389 e. The van der Waals surface area contributed by atoms with Crippen molar-refractivity contribution in [1.82, 2.24) is 9.97 Å². The quantitative estimate of drug-likeness (QED) is 0.529. The Balaban J connectivity index is 2.10. The lowest BCUT2D eigenvalue weighted by atomic mass is 9.78. The van der Waals surface area contributed by atoms with Crippen LogP contribution in [0.1, 0.15) is 67.1 Å². The molecule has 2 aromatic heterocycles. The zero-order valence-electron chi connectivity index (χ0n) is 15.5. The predicted octanol–water partition coefficient (Wildman–Crippen LogP) is 5.25. The Kier molecular flexibility index (Phi) is 5.93. The van der Waals surface area contributed by atoms with Gasteiger partial charge in [-0.2, -0.15) is 5.26 Å². The van der Waals surface area contributed by atoms with Gasteiger partial charge in [0, 0.05) is 17.0 Å². The smallest absolute Gasteiger partial charge is 0.222 e. The average Bonchev–Trinajstić information content (AvgIpc) is 3.00. The van der Waals surface area contributed by atoms with Crippen molar-refractivity contribution in [2.24, 2.45) is 0 Å². The van der Waals surface area contributed by atoms with Crippen LogP contribution in [0.4, 0.5) is 5.00 Å². The van der Waals surface area contributed by atoms with Crippen LogP contribution in [0.25, 0.3) is 0 Å². The Morgan fingerprint density at radius 2 is 2.30 bits per heavy atom. The molecule has 3 rings (SSSR count). The number of nitrogens with zero attached hydrogens (tertiary/aromatic N) is 3. The second-order valence-electron chi connectivity index (χ2n) is 6.73. The molecule has 7 heteroatoms. The highest BCUT2D eigenvalue weighted by atomic mass is 35.5. The number of aryl methyl sites for hydroxylation is 1. The SMILES string of the molecule is CCC/C(C(=N)c1ccnc(Cl)n1)=C(/C)[C@H]1CCCc2sc(N)c(C#N)c21. The normalized spacial score (nSPS) is 17.0. The highest BCUT2D eigenvalue weighted by Gasteiger charge is 2.30. The number of allylic oxidation sites excluding steroid dienone is 2. The second-order valence-corrected chi connectivity index (χ2v) is 8.21. The van der Waals surface area contributed by atoms with E-state index in [0.717, 1.165) is 48.8 Å². The lowest BCUT2D eigenvalue weighted by molar-refractivity contribution is 0.610. The number of rotatable bonds is 5. The molecule has 3 N–H and O–H groups in total. The summed E-state index contributed by atoms with van der Waals surface area (Å²) in [7, 11) is 0. The molecule has 2 heterocycles. The number of fused-ring (bicyclic) bond motifs is 1. The van der Waals surface area contributed by atoms with Crippen molar-refractivity contribution in [2.45, 2.75) is 51.9 Å². The van der Waals surface area contributed by atoms with Crippen molar-refractivity contribution in [2.75, 3.05) is 5.73 Å². The van der Waals surface area contributed by atoms with E-state index in [1.807, 2.05) is 0 Å². The number of thiophene rings is 1. The first-order valence-corrected chi connectivity index (χ1v) is 10.3. The summed E-state index contributed by atoms with van der Waals surface area (Å²) >= 11 is 7.46. The van der Waals surface area contributed by atoms with Crippen molar-refractivity contribution in [3.05, 3.63) is 50.4 Å². The van der Waals surface area contributed by atoms with Crippen molar-refractivity contribution in [3.8, 4) is 6.07 Å². The molecule has 0 spiro atoms. The summed E-state index contributed by atoms with van der Waals surface area (Å²) in [6.45, 7) is 4.18. The Morgan fingerprint density at radius 3 is 2.96 bits per heavy atom. The molecule has 0 aliphatic heterocycles. The number of hydrogen-bond acceptors (Lipinski definition) is 6. The number of nitrogen functional groups attached to an aromatic ring is 1. The van der Waals surface area contributed by atoms with E-state index in [1.165, 1.54) is 16.2 Å². The molecule has 2 aromatic rings. The fourth-order valence-corrected chi connectivity index (χ4v) is 5.10. The van der Waals surface area contributed by atoms with E-state index in [1.54, 1.807) is 12.3 Å². The lowest BCUT2D eigenvalue weighted by Crippen LogP contribution is -2.16. The Labute approximate surface area is 168 Å². The zero-order chi connectivity index (χ0) is 19.6. The number of halogens is 1. The third-order valence-electron chi connectivity index (χ3n) is 5.09. The second kappa shape index (κ2) is 8.20. The minimum absolute atomic E-state index is 0.121. The molecule has 0 saturated heterocycles. The van der Waals surface area contributed by atoms with Gasteiger partial charge in [-0.05, 0) is 61.4 Å². The molecule has 1 aliphatic carbocycles. The minimum atomic E-state index is 0.121. The van der Waals surface area contributed by atoms with E-state index >= 15 is 0 Å². The summed E-state index contributed by atoms with van der Waals surface area (Å²) in [5, 5.41) is 19.1. The van der Waals surface area contributed by atoms with Gasteiger partial charge < -0.3 is 5.73 Å². The van der Waals surface area contributed by atoms with Crippen LogP contribution in [0.15, 0.2) is 23.4 Å². The maximum absolute atomic E-state index is 9.61. The molecule has 0 amide bonds. The molecule has 0 unspecified atom stereocenters. The summed E-state index contributed by atoms with van der Waals surface area (Å²) in [5.74, 6) is 0.121. The highest BCUT2D eigenvalue weighted by molar-refractivity contribution is 7.16. The molecule has 140 valence electrons. The van der Waals surface area contributed by atoms with Crippen LogP contribution in [0.5, 0.6) is 0 Å². The van der Waals surface area contributed by atoms with Crippen molar-refractivity contribution < 1.29 is 0 Å². The first-order chi connectivity index (χ1) is 13.0. The Morgan fingerprint density at radius 1 is 1.52 bits per heavy atom. The Bertz CT molecular complexity index is 954. The fourth-order valence-electron chi connectivity index (χ4n) is 3.83. The summed E-state index contributed by atoms with van der Waals surface area (Å²) in [6.07, 6.45) is 6.27. The van der Waals surface area contributed by atoms with E-state index in [0.29, 0.717) is 22.0 Å². The van der Waals surface area contributed by atoms with E-state index in [-0.39, 0.29) is 11.2 Å². The van der Waals surface area contributed by atoms with E-state index in [9.17, 15) is 5.26 Å². The first kappa shape index (κ1) is 19.5. The van der Waals surface area contributed by atoms with Crippen molar-refractivity contribution in [1.29, 1.82) is 10.7 Å². The number of nitriles is 1. The van der Waals surface area contributed by atoms with Crippen LogP contribution in [0.3, 0.4) is 0 Å². The third kappa shape index (κ3) is 3.76. The number of nitrogens with one attached hydrogen (secondary N) is 1. The maximum Gasteiger partial charge on any atom is 0.222 e. The van der Waals surface area contributed by atoms with Crippen LogP contribution in [0.2, 0.25) is 5.28 Å². The number of nitrogens with two attached hydrogens (primary N) is 1. The highest BCUT2D eigenvalue weighted by Crippen LogP contribution is 2.46. The van der Waals surface area contributed by atoms with Crippen molar-refractivity contribution >= 4 is 33.7 Å². The average molecular weight is 400 g/mol. The number of aromatic nitrogens is 2. The van der Waals surface area contributed by atoms with Gasteiger partial charge >= 0.3 is 0 Å². The topological polar surface area (TPSA) is 99.4 Å². The summed E-state index contributed by atoms with van der Waals surface area (Å²) in [5.41, 5.74) is 10.8. The molecule has 5 nitrogen and oxygen atoms in total. The molecule has 0 radical (unpaired) electrons.